The number of allylic oxidation sites excluding steroid dienone is 4. The Hall–Kier alpha value is -0.850. The molecule has 0 heterocycles. The minimum atomic E-state index is 0.235. The molecule has 2 rings (SSSR count). The quantitative estimate of drug-likeness (QED) is 0.535. The minimum Gasteiger partial charge on any atom is -0.299 e. The van der Waals surface area contributed by atoms with Gasteiger partial charge in [0.2, 0.25) is 0 Å². The number of hydrogen-bond donors (Lipinski definition) is 0. The van der Waals surface area contributed by atoms with Crippen molar-refractivity contribution in [2.24, 2.45) is 11.8 Å². The van der Waals surface area contributed by atoms with Crippen LogP contribution in [0.3, 0.4) is 0 Å². The molecule has 64 valence electrons. The molecule has 1 heteroatoms. The maximum absolute atomic E-state index is 11.5. The van der Waals surface area contributed by atoms with Gasteiger partial charge in [0.25, 0.3) is 0 Å². The third kappa shape index (κ3) is 1.13. The fraction of sp³-hybridized carbons (Fsp3) is 0.545. The summed E-state index contributed by atoms with van der Waals surface area (Å²) in [5.74, 6) is 1.31. The maximum atomic E-state index is 11.5. The topological polar surface area (TPSA) is 17.1 Å². The average molecular weight is 162 g/mol. The van der Waals surface area contributed by atoms with Gasteiger partial charge in [-0.25, -0.2) is 0 Å². The van der Waals surface area contributed by atoms with Crippen LogP contribution in [0.15, 0.2) is 23.8 Å². The van der Waals surface area contributed by atoms with E-state index in [1.54, 1.807) is 0 Å². The predicted octanol–water partition coefficient (Wildman–Crippen LogP) is 2.49. The number of carbonyl (C=O) groups excluding carboxylic acids is 1. The summed E-state index contributed by atoms with van der Waals surface area (Å²) in [5.41, 5.74) is 1.37. The van der Waals surface area contributed by atoms with E-state index in [1.165, 1.54) is 5.57 Å². The normalized spacial score (nSPS) is 34.4. The van der Waals surface area contributed by atoms with Crippen molar-refractivity contribution in [3.8, 4) is 0 Å². The number of hydrogen-bond acceptors (Lipinski definition) is 1. The van der Waals surface area contributed by atoms with Crippen molar-refractivity contribution in [3.63, 3.8) is 0 Å². The van der Waals surface area contributed by atoms with Crippen LogP contribution in [0.5, 0.6) is 0 Å². The number of Topliss-reactive ketones (excluding diaryl/α,β-unsaturated/α-hetero) is 1. The first-order valence-electron chi connectivity index (χ1n) is 4.68. The highest BCUT2D eigenvalue weighted by Gasteiger charge is 2.30. The van der Waals surface area contributed by atoms with Gasteiger partial charge in [-0.15, -0.1) is 0 Å². The van der Waals surface area contributed by atoms with Gasteiger partial charge in [0.1, 0.15) is 5.78 Å². The summed E-state index contributed by atoms with van der Waals surface area (Å²) in [6, 6.07) is 0. The van der Waals surface area contributed by atoms with Crippen molar-refractivity contribution >= 4 is 5.78 Å². The van der Waals surface area contributed by atoms with Crippen LogP contribution in [0.1, 0.15) is 26.2 Å². The second-order valence-electron chi connectivity index (χ2n) is 3.79. The van der Waals surface area contributed by atoms with Crippen molar-refractivity contribution in [2.75, 3.05) is 0 Å². The molecular weight excluding hydrogens is 148 g/mol. The molecule has 0 N–H and O–H groups in total. The summed E-state index contributed by atoms with van der Waals surface area (Å²) in [7, 11) is 0. The summed E-state index contributed by atoms with van der Waals surface area (Å²) >= 11 is 0. The average Bonchev–Trinajstić information content (AvgIpc) is 2.12. The van der Waals surface area contributed by atoms with E-state index in [4.69, 9.17) is 0 Å². The standard InChI is InChI=1S/C11H14O/c1-8-6-7-11(12)10-5-3-2-4-9(8)10/h2-4,8,10H,5-7H2,1H3. The van der Waals surface area contributed by atoms with Crippen LogP contribution in [0.25, 0.3) is 0 Å². The van der Waals surface area contributed by atoms with Crippen molar-refractivity contribution in [2.45, 2.75) is 26.2 Å². The lowest BCUT2D eigenvalue weighted by Crippen LogP contribution is -2.27. The lowest BCUT2D eigenvalue weighted by Gasteiger charge is -2.30. The first-order chi connectivity index (χ1) is 5.79. The molecular formula is C11H14O. The van der Waals surface area contributed by atoms with E-state index in [2.05, 4.69) is 25.2 Å². The van der Waals surface area contributed by atoms with Crippen LogP contribution in [-0.4, -0.2) is 5.78 Å². The van der Waals surface area contributed by atoms with Crippen molar-refractivity contribution < 1.29 is 4.79 Å². The molecule has 0 spiro atoms. The number of ketones is 1. The van der Waals surface area contributed by atoms with Crippen LogP contribution in [0.4, 0.5) is 0 Å². The van der Waals surface area contributed by atoms with Gasteiger partial charge in [-0.05, 0) is 18.8 Å². The van der Waals surface area contributed by atoms with Crippen LogP contribution >= 0.6 is 0 Å². The van der Waals surface area contributed by atoms with E-state index >= 15 is 0 Å². The Bertz CT molecular complexity index is 260. The highest BCUT2D eigenvalue weighted by molar-refractivity contribution is 5.85. The van der Waals surface area contributed by atoms with E-state index in [9.17, 15) is 4.79 Å². The van der Waals surface area contributed by atoms with E-state index in [0.717, 1.165) is 19.3 Å². The minimum absolute atomic E-state index is 0.235. The summed E-state index contributed by atoms with van der Waals surface area (Å²) in [6.07, 6.45) is 9.10. The molecule has 1 nitrogen and oxygen atoms in total. The molecule has 0 aliphatic heterocycles. The van der Waals surface area contributed by atoms with Gasteiger partial charge in [-0.1, -0.05) is 30.7 Å². The van der Waals surface area contributed by atoms with E-state index in [0.29, 0.717) is 11.7 Å². The van der Waals surface area contributed by atoms with Gasteiger partial charge in [0, 0.05) is 12.3 Å². The highest BCUT2D eigenvalue weighted by Crippen LogP contribution is 2.35. The summed E-state index contributed by atoms with van der Waals surface area (Å²) in [6.45, 7) is 2.23. The molecule has 0 aromatic rings. The molecule has 0 saturated heterocycles. The largest absolute Gasteiger partial charge is 0.299 e. The number of carbonyl (C=O) groups is 1. The summed E-state index contributed by atoms with van der Waals surface area (Å²) < 4.78 is 0. The molecule has 2 aliphatic carbocycles. The smallest absolute Gasteiger partial charge is 0.140 e. The maximum Gasteiger partial charge on any atom is 0.140 e. The first-order valence-corrected chi connectivity index (χ1v) is 4.68. The zero-order chi connectivity index (χ0) is 8.55. The zero-order valence-corrected chi connectivity index (χ0v) is 7.42. The molecule has 2 aliphatic rings. The van der Waals surface area contributed by atoms with Gasteiger partial charge in [0.05, 0.1) is 0 Å². The van der Waals surface area contributed by atoms with Gasteiger partial charge < -0.3 is 0 Å². The SMILES string of the molecule is CC1CCC(=O)C2CC=CC=C12. The van der Waals surface area contributed by atoms with Gasteiger partial charge in [0.15, 0.2) is 0 Å². The Labute approximate surface area is 73.2 Å². The van der Waals surface area contributed by atoms with Gasteiger partial charge in [-0.2, -0.15) is 0 Å². The van der Waals surface area contributed by atoms with Crippen molar-refractivity contribution in [3.05, 3.63) is 23.8 Å². The zero-order valence-electron chi connectivity index (χ0n) is 7.42. The second kappa shape index (κ2) is 2.89. The number of fused-ring (bicyclic) bond motifs is 1. The Morgan fingerprint density at radius 2 is 2.33 bits per heavy atom. The third-order valence-electron chi connectivity index (χ3n) is 2.98. The predicted molar refractivity (Wildman–Crippen MR) is 48.7 cm³/mol. The molecule has 1 fully saturated rings. The van der Waals surface area contributed by atoms with Crippen LogP contribution in [-0.2, 0) is 4.79 Å². The van der Waals surface area contributed by atoms with Crippen LogP contribution < -0.4 is 0 Å². The van der Waals surface area contributed by atoms with Crippen LogP contribution in [0, 0.1) is 11.8 Å². The fourth-order valence-corrected chi connectivity index (χ4v) is 2.17. The molecule has 0 aromatic carbocycles. The third-order valence-corrected chi connectivity index (χ3v) is 2.98. The van der Waals surface area contributed by atoms with Crippen molar-refractivity contribution in [1.29, 1.82) is 0 Å². The molecule has 2 unspecified atom stereocenters. The monoisotopic (exact) mass is 162 g/mol. The lowest BCUT2D eigenvalue weighted by atomic mass is 9.73. The molecule has 0 radical (unpaired) electrons. The Kier molecular flexibility index (Phi) is 1.87. The Morgan fingerprint density at radius 3 is 3.08 bits per heavy atom. The summed E-state index contributed by atoms with van der Waals surface area (Å²) in [4.78, 5) is 11.5. The Balaban J connectivity index is 2.29. The molecule has 0 aromatic heterocycles. The number of rotatable bonds is 0. The first kappa shape index (κ1) is 7.78. The van der Waals surface area contributed by atoms with Gasteiger partial charge >= 0.3 is 0 Å². The lowest BCUT2D eigenvalue weighted by molar-refractivity contribution is -0.123. The summed E-state index contributed by atoms with van der Waals surface area (Å²) in [5, 5.41) is 0. The fourth-order valence-electron chi connectivity index (χ4n) is 2.17. The van der Waals surface area contributed by atoms with E-state index < -0.39 is 0 Å². The Morgan fingerprint density at radius 1 is 1.50 bits per heavy atom. The second-order valence-corrected chi connectivity index (χ2v) is 3.79. The highest BCUT2D eigenvalue weighted by atomic mass is 16.1. The van der Waals surface area contributed by atoms with Crippen molar-refractivity contribution in [1.82, 2.24) is 0 Å². The molecule has 0 bridgehead atoms. The molecule has 12 heavy (non-hydrogen) atoms. The molecule has 2 atom stereocenters. The molecule has 1 saturated carbocycles. The van der Waals surface area contributed by atoms with Gasteiger partial charge in [-0.3, -0.25) is 4.79 Å². The molecule has 0 amide bonds. The van der Waals surface area contributed by atoms with Crippen LogP contribution in [0.2, 0.25) is 0 Å². The van der Waals surface area contributed by atoms with E-state index in [1.807, 2.05) is 0 Å². The van der Waals surface area contributed by atoms with E-state index in [-0.39, 0.29) is 5.92 Å².